The third-order valence-electron chi connectivity index (χ3n) is 14.1. The summed E-state index contributed by atoms with van der Waals surface area (Å²) in [5, 5.41) is 3.28. The largest absolute Gasteiger partial charge is 0.465 e. The van der Waals surface area contributed by atoms with Crippen molar-refractivity contribution in [2.45, 2.75) is 277 Å². The fourth-order valence-electron chi connectivity index (χ4n) is 9.56. The van der Waals surface area contributed by atoms with E-state index < -0.39 is 5.54 Å². The van der Waals surface area contributed by atoms with Gasteiger partial charge in [-0.05, 0) is 115 Å². The number of esters is 1. The molecule has 2 rings (SSSR count). The molecule has 1 unspecified atom stereocenters. The van der Waals surface area contributed by atoms with Crippen LogP contribution in [0.15, 0.2) is 12.2 Å². The highest BCUT2D eigenvalue weighted by Crippen LogP contribution is 2.39. The number of ether oxygens (including phenoxy) is 1. The fourth-order valence-corrected chi connectivity index (χ4v) is 9.56. The van der Waals surface area contributed by atoms with E-state index in [0.29, 0.717) is 51.3 Å². The topological polar surface area (TPSA) is 79.0 Å². The number of allylic oxidation sites excluding steroid dienone is 2. The van der Waals surface area contributed by atoms with Gasteiger partial charge < -0.3 is 19.9 Å². The quantitative estimate of drug-likeness (QED) is 0.0375. The molecule has 1 saturated heterocycles. The van der Waals surface area contributed by atoms with E-state index in [-0.39, 0.29) is 17.8 Å². The molecule has 1 saturated carbocycles. The van der Waals surface area contributed by atoms with Crippen LogP contribution in [0, 0.1) is 5.92 Å². The number of unbranched alkanes of at least 4 members (excludes halogenated alkanes) is 25. The molecule has 1 heterocycles. The lowest BCUT2D eigenvalue weighted by molar-refractivity contribution is -0.154. The van der Waals surface area contributed by atoms with Crippen LogP contribution in [-0.4, -0.2) is 72.5 Å². The second-order valence-corrected chi connectivity index (χ2v) is 19.7. The van der Waals surface area contributed by atoms with E-state index in [1.54, 1.807) is 0 Å². The molecule has 7 nitrogen and oxygen atoms in total. The lowest BCUT2D eigenvalue weighted by atomic mass is 9.74. The zero-order valence-corrected chi connectivity index (χ0v) is 41.6. The third kappa shape index (κ3) is 27.4. The molecule has 0 aromatic heterocycles. The Balaban J connectivity index is 1.72. The van der Waals surface area contributed by atoms with E-state index in [1.807, 2.05) is 4.90 Å². The first-order chi connectivity index (χ1) is 30.5. The van der Waals surface area contributed by atoms with Crippen molar-refractivity contribution < 1.29 is 19.1 Å². The summed E-state index contributed by atoms with van der Waals surface area (Å²) in [6, 6.07) is 0. The zero-order chi connectivity index (χ0) is 44.6. The van der Waals surface area contributed by atoms with Crippen molar-refractivity contribution in [3.63, 3.8) is 0 Å². The molecule has 1 N–H and O–H groups in total. The second kappa shape index (κ2) is 39.5. The monoisotopic (exact) mass is 870 g/mol. The van der Waals surface area contributed by atoms with Crippen LogP contribution in [0.1, 0.15) is 271 Å². The van der Waals surface area contributed by atoms with Crippen LogP contribution in [-0.2, 0) is 19.1 Å². The van der Waals surface area contributed by atoms with Crippen LogP contribution in [0.5, 0.6) is 0 Å². The summed E-state index contributed by atoms with van der Waals surface area (Å²) in [6.07, 6.45) is 50.0. The number of rotatable bonds is 45. The van der Waals surface area contributed by atoms with Gasteiger partial charge in [0.15, 0.2) is 0 Å². The molecule has 1 aliphatic heterocycles. The Morgan fingerprint density at radius 1 is 0.581 bits per heavy atom. The van der Waals surface area contributed by atoms with Gasteiger partial charge in [-0.15, -0.1) is 0 Å². The lowest BCUT2D eigenvalue weighted by Crippen LogP contribution is -2.65. The van der Waals surface area contributed by atoms with Crippen LogP contribution in [0.2, 0.25) is 0 Å². The maximum atomic E-state index is 13.9. The van der Waals surface area contributed by atoms with Gasteiger partial charge in [0.1, 0.15) is 5.54 Å². The Kier molecular flexibility index (Phi) is 35.8. The molecule has 2 fully saturated rings. The lowest BCUT2D eigenvalue weighted by Gasteiger charge is -2.49. The second-order valence-electron chi connectivity index (χ2n) is 19.7. The van der Waals surface area contributed by atoms with E-state index in [0.717, 1.165) is 71.0 Å². The van der Waals surface area contributed by atoms with Crippen molar-refractivity contribution in [1.82, 2.24) is 15.1 Å². The minimum Gasteiger partial charge on any atom is -0.465 e. The smallest absolute Gasteiger partial charge is 0.305 e. The van der Waals surface area contributed by atoms with Crippen LogP contribution >= 0.6 is 0 Å². The molecule has 0 aromatic carbocycles. The molecule has 0 radical (unpaired) electrons. The van der Waals surface area contributed by atoms with Gasteiger partial charge in [-0.25, -0.2) is 0 Å². The fraction of sp³-hybridized carbons (Fsp3) is 0.909. The number of hydrogen-bond acceptors (Lipinski definition) is 5. The molecule has 62 heavy (non-hydrogen) atoms. The predicted molar refractivity (Wildman–Crippen MR) is 265 cm³/mol. The van der Waals surface area contributed by atoms with Gasteiger partial charge in [0, 0.05) is 25.9 Å². The molecule has 0 bridgehead atoms. The molecule has 1 aliphatic carbocycles. The molecule has 7 heteroatoms. The molecule has 362 valence electrons. The van der Waals surface area contributed by atoms with Crippen molar-refractivity contribution in [2.75, 3.05) is 39.3 Å². The van der Waals surface area contributed by atoms with Gasteiger partial charge >= 0.3 is 5.97 Å². The van der Waals surface area contributed by atoms with Gasteiger partial charge in [0.25, 0.3) is 0 Å². The molecule has 0 spiro atoms. The molecule has 0 aromatic rings. The van der Waals surface area contributed by atoms with Gasteiger partial charge in [-0.3, -0.25) is 14.4 Å². The standard InChI is InChI=1S/C55H103N3O4/c1-4-7-10-13-16-18-19-20-21-22-23-24-25-27-30-35-45-56-54(61)55(43-36-44-55)58(49-38-48-57-46-37-47-57)52(59)41-33-34-42-53(60)62-50-51(39-31-28-15-12-9-6-3)40-32-29-26-17-14-11-8-5-2/h20-21,51H,4-19,22-50H2,1-3H3,(H,56,61)/b21-20-. The first kappa shape index (κ1) is 56.2. The van der Waals surface area contributed by atoms with E-state index in [2.05, 4.69) is 43.1 Å². The van der Waals surface area contributed by atoms with Crippen LogP contribution in [0.3, 0.4) is 0 Å². The van der Waals surface area contributed by atoms with Gasteiger partial charge in [0.05, 0.1) is 6.61 Å². The van der Waals surface area contributed by atoms with Crippen LogP contribution in [0.4, 0.5) is 0 Å². The Bertz CT molecular complexity index is 1100. The molecule has 2 amide bonds. The Hall–Kier alpha value is -1.89. The highest BCUT2D eigenvalue weighted by molar-refractivity contribution is 5.92. The molecule has 1 atom stereocenters. The number of nitrogens with zero attached hydrogens (tertiary/aromatic N) is 2. The Labute approximate surface area is 384 Å². The number of carbonyl (C=O) groups excluding carboxylic acids is 3. The average Bonchev–Trinajstić information content (AvgIpc) is 3.24. The zero-order valence-electron chi connectivity index (χ0n) is 41.6. The van der Waals surface area contributed by atoms with E-state index in [9.17, 15) is 14.4 Å². The summed E-state index contributed by atoms with van der Waals surface area (Å²) < 4.78 is 5.90. The van der Waals surface area contributed by atoms with E-state index in [1.165, 1.54) is 173 Å². The normalized spacial score (nSPS) is 15.3. The molecular weight excluding hydrogens is 767 g/mol. The number of nitrogens with one attached hydrogen (secondary N) is 1. The number of hydrogen-bond donors (Lipinski definition) is 1. The first-order valence-electron chi connectivity index (χ1n) is 27.6. The number of likely N-dealkylation sites (tertiary alicyclic amines) is 1. The maximum absolute atomic E-state index is 13.9. The Morgan fingerprint density at radius 3 is 1.55 bits per heavy atom. The van der Waals surface area contributed by atoms with E-state index >= 15 is 0 Å². The summed E-state index contributed by atoms with van der Waals surface area (Å²) in [7, 11) is 0. The van der Waals surface area contributed by atoms with Crippen molar-refractivity contribution in [1.29, 1.82) is 0 Å². The highest BCUT2D eigenvalue weighted by atomic mass is 16.5. The Morgan fingerprint density at radius 2 is 1.06 bits per heavy atom. The predicted octanol–water partition coefficient (Wildman–Crippen LogP) is 15.0. The maximum Gasteiger partial charge on any atom is 0.305 e. The van der Waals surface area contributed by atoms with Crippen molar-refractivity contribution in [3.8, 4) is 0 Å². The minimum atomic E-state index is -0.701. The minimum absolute atomic E-state index is 0.0554. The summed E-state index contributed by atoms with van der Waals surface area (Å²) >= 11 is 0. The third-order valence-corrected chi connectivity index (χ3v) is 14.1. The number of amides is 2. The van der Waals surface area contributed by atoms with Crippen molar-refractivity contribution in [3.05, 3.63) is 12.2 Å². The summed E-state index contributed by atoms with van der Waals surface area (Å²) in [5.41, 5.74) is -0.701. The van der Waals surface area contributed by atoms with E-state index in [4.69, 9.17) is 4.74 Å². The van der Waals surface area contributed by atoms with Crippen molar-refractivity contribution in [2.24, 2.45) is 5.92 Å². The summed E-state index contributed by atoms with van der Waals surface area (Å²) in [6.45, 7) is 12.0. The van der Waals surface area contributed by atoms with Gasteiger partial charge in [0.2, 0.25) is 11.8 Å². The van der Waals surface area contributed by atoms with Crippen LogP contribution < -0.4 is 5.32 Å². The summed E-state index contributed by atoms with van der Waals surface area (Å²) in [4.78, 5) is 45.1. The highest BCUT2D eigenvalue weighted by Gasteiger charge is 2.50. The first-order valence-corrected chi connectivity index (χ1v) is 27.6. The van der Waals surface area contributed by atoms with Gasteiger partial charge in [-0.1, -0.05) is 181 Å². The van der Waals surface area contributed by atoms with Crippen molar-refractivity contribution >= 4 is 17.8 Å². The SMILES string of the molecule is CCCCCCCC/C=C\CCCCCCCCNC(=O)C1(N(CCCN2CCC2)C(=O)CCCCC(=O)OCC(CCCCCCCC)CCCCCCCCCC)CCC1. The molecular formula is C55H103N3O4. The number of carbonyl (C=O) groups is 3. The average molecular weight is 870 g/mol. The summed E-state index contributed by atoms with van der Waals surface area (Å²) in [5.74, 6) is 0.482. The molecule has 2 aliphatic rings. The van der Waals surface area contributed by atoms with Gasteiger partial charge in [-0.2, -0.15) is 0 Å². The van der Waals surface area contributed by atoms with Crippen LogP contribution in [0.25, 0.3) is 0 Å².